The lowest BCUT2D eigenvalue weighted by atomic mass is 10.0. The molecule has 0 radical (unpaired) electrons. The van der Waals surface area contributed by atoms with Gasteiger partial charge in [-0.1, -0.05) is 6.07 Å². The maximum atomic E-state index is 12.3. The Morgan fingerprint density at radius 1 is 1.10 bits per heavy atom. The molecule has 1 N–H and O–H groups in total. The first-order chi connectivity index (χ1) is 9.63. The number of nitrogens with one attached hydrogen (secondary N) is 1. The van der Waals surface area contributed by atoms with Crippen molar-refractivity contribution >= 4 is 5.91 Å². The lowest BCUT2D eigenvalue weighted by Gasteiger charge is -2.32. The van der Waals surface area contributed by atoms with Crippen LogP contribution in [0, 0.1) is 13.8 Å². The molecule has 3 heteroatoms. The molecule has 108 valence electrons. The Hall–Kier alpha value is -1.35. The minimum absolute atomic E-state index is 0.0815. The molecular formula is C17H24N2O. The number of likely N-dealkylation sites (tertiary alicyclic amines) is 1. The van der Waals surface area contributed by atoms with Crippen molar-refractivity contribution < 1.29 is 4.79 Å². The third-order valence-corrected chi connectivity index (χ3v) is 4.70. The fourth-order valence-corrected chi connectivity index (χ4v) is 3.00. The van der Waals surface area contributed by atoms with Crippen molar-refractivity contribution in [2.75, 3.05) is 13.1 Å². The molecule has 2 aliphatic rings. The molecule has 20 heavy (non-hydrogen) atoms. The van der Waals surface area contributed by atoms with Gasteiger partial charge in [0.1, 0.15) is 0 Å². The van der Waals surface area contributed by atoms with E-state index < -0.39 is 0 Å². The smallest absolute Gasteiger partial charge is 0.251 e. The van der Waals surface area contributed by atoms with E-state index in [0.29, 0.717) is 6.04 Å². The van der Waals surface area contributed by atoms with Crippen molar-refractivity contribution in [2.45, 2.75) is 51.6 Å². The summed E-state index contributed by atoms with van der Waals surface area (Å²) in [6, 6.07) is 7.14. The van der Waals surface area contributed by atoms with Crippen LogP contribution >= 0.6 is 0 Å². The molecule has 0 aromatic heterocycles. The Bertz CT molecular complexity index is 500. The number of nitrogens with zero attached hydrogens (tertiary/aromatic N) is 1. The first-order valence-corrected chi connectivity index (χ1v) is 7.75. The number of hydrogen-bond donors (Lipinski definition) is 1. The first-order valence-electron chi connectivity index (χ1n) is 7.75. The number of rotatable bonds is 3. The molecule has 1 aromatic carbocycles. The summed E-state index contributed by atoms with van der Waals surface area (Å²) in [7, 11) is 0. The van der Waals surface area contributed by atoms with E-state index in [2.05, 4.69) is 24.1 Å². The number of aryl methyl sites for hydroxylation is 2. The van der Waals surface area contributed by atoms with E-state index in [1.54, 1.807) is 0 Å². The predicted molar refractivity (Wildman–Crippen MR) is 81.0 cm³/mol. The van der Waals surface area contributed by atoms with Gasteiger partial charge in [-0.05, 0) is 62.8 Å². The summed E-state index contributed by atoms with van der Waals surface area (Å²) in [6.45, 7) is 6.41. The van der Waals surface area contributed by atoms with Gasteiger partial charge in [-0.2, -0.15) is 0 Å². The predicted octanol–water partition coefficient (Wildman–Crippen LogP) is 2.66. The summed E-state index contributed by atoms with van der Waals surface area (Å²) < 4.78 is 0. The van der Waals surface area contributed by atoms with E-state index in [1.807, 2.05) is 18.2 Å². The second-order valence-corrected chi connectivity index (χ2v) is 6.31. The molecule has 1 amide bonds. The van der Waals surface area contributed by atoms with Gasteiger partial charge in [0.2, 0.25) is 0 Å². The molecule has 0 bridgehead atoms. The molecule has 1 heterocycles. The van der Waals surface area contributed by atoms with E-state index in [9.17, 15) is 4.79 Å². The van der Waals surface area contributed by atoms with Crippen LogP contribution in [0.1, 0.15) is 47.2 Å². The van der Waals surface area contributed by atoms with Gasteiger partial charge in [0, 0.05) is 30.7 Å². The molecule has 0 spiro atoms. The Labute approximate surface area is 121 Å². The number of hydrogen-bond acceptors (Lipinski definition) is 2. The van der Waals surface area contributed by atoms with Gasteiger partial charge in [0.15, 0.2) is 0 Å². The van der Waals surface area contributed by atoms with Crippen LogP contribution in [0.15, 0.2) is 18.2 Å². The SMILES string of the molecule is Cc1ccc(C(=O)NC2CCN(C3CC3)CC2)cc1C. The molecule has 2 fully saturated rings. The largest absolute Gasteiger partial charge is 0.349 e. The summed E-state index contributed by atoms with van der Waals surface area (Å²) in [5.74, 6) is 0.0815. The molecule has 3 rings (SSSR count). The topological polar surface area (TPSA) is 32.3 Å². The van der Waals surface area contributed by atoms with Crippen LogP contribution < -0.4 is 5.32 Å². The zero-order valence-corrected chi connectivity index (χ0v) is 12.5. The number of carbonyl (C=O) groups excluding carboxylic acids is 1. The normalized spacial score (nSPS) is 20.9. The second-order valence-electron chi connectivity index (χ2n) is 6.31. The van der Waals surface area contributed by atoms with Gasteiger partial charge >= 0.3 is 0 Å². The molecule has 1 saturated carbocycles. The average Bonchev–Trinajstić information content (AvgIpc) is 3.27. The Kier molecular flexibility index (Phi) is 3.79. The van der Waals surface area contributed by atoms with Crippen LogP contribution in [-0.4, -0.2) is 36.0 Å². The maximum Gasteiger partial charge on any atom is 0.251 e. The van der Waals surface area contributed by atoms with Gasteiger partial charge in [-0.3, -0.25) is 4.79 Å². The highest BCUT2D eigenvalue weighted by molar-refractivity contribution is 5.94. The van der Waals surface area contributed by atoms with Gasteiger partial charge in [0.25, 0.3) is 5.91 Å². The van der Waals surface area contributed by atoms with Gasteiger partial charge in [-0.15, -0.1) is 0 Å². The second kappa shape index (κ2) is 5.57. The number of piperidine rings is 1. The molecular weight excluding hydrogens is 248 g/mol. The zero-order chi connectivity index (χ0) is 14.1. The van der Waals surface area contributed by atoms with E-state index in [-0.39, 0.29) is 5.91 Å². The molecule has 0 unspecified atom stereocenters. The van der Waals surface area contributed by atoms with E-state index >= 15 is 0 Å². The highest BCUT2D eigenvalue weighted by Gasteiger charge is 2.32. The minimum atomic E-state index is 0.0815. The first kappa shape index (κ1) is 13.6. The summed E-state index contributed by atoms with van der Waals surface area (Å²) in [5.41, 5.74) is 3.21. The van der Waals surface area contributed by atoms with Crippen LogP contribution in [0.3, 0.4) is 0 Å². The van der Waals surface area contributed by atoms with Crippen LogP contribution in [0.5, 0.6) is 0 Å². The van der Waals surface area contributed by atoms with E-state index in [0.717, 1.165) is 37.5 Å². The molecule has 1 aromatic rings. The summed E-state index contributed by atoms with van der Waals surface area (Å²) in [6.07, 6.45) is 4.93. The van der Waals surface area contributed by atoms with E-state index in [4.69, 9.17) is 0 Å². The van der Waals surface area contributed by atoms with Crippen molar-refractivity contribution in [2.24, 2.45) is 0 Å². The van der Waals surface area contributed by atoms with Crippen molar-refractivity contribution in [3.63, 3.8) is 0 Å². The minimum Gasteiger partial charge on any atom is -0.349 e. The summed E-state index contributed by atoms with van der Waals surface area (Å²) in [5, 5.41) is 3.20. The van der Waals surface area contributed by atoms with Gasteiger partial charge < -0.3 is 10.2 Å². The standard InChI is InChI=1S/C17H24N2O/c1-12-3-4-14(11-13(12)2)17(20)18-15-7-9-19(10-8-15)16-5-6-16/h3-4,11,15-16H,5-10H2,1-2H3,(H,18,20). The lowest BCUT2D eigenvalue weighted by Crippen LogP contribution is -2.45. The fraction of sp³-hybridized carbons (Fsp3) is 0.588. The Balaban J connectivity index is 1.54. The molecule has 3 nitrogen and oxygen atoms in total. The molecule has 0 atom stereocenters. The van der Waals surface area contributed by atoms with Crippen molar-refractivity contribution in [1.82, 2.24) is 10.2 Å². The summed E-state index contributed by atoms with van der Waals surface area (Å²) in [4.78, 5) is 14.9. The average molecular weight is 272 g/mol. The molecule has 1 saturated heterocycles. The highest BCUT2D eigenvalue weighted by atomic mass is 16.1. The van der Waals surface area contributed by atoms with Crippen LogP contribution in [0.4, 0.5) is 0 Å². The van der Waals surface area contributed by atoms with Crippen molar-refractivity contribution in [1.29, 1.82) is 0 Å². The third-order valence-electron chi connectivity index (χ3n) is 4.70. The van der Waals surface area contributed by atoms with Gasteiger partial charge in [-0.25, -0.2) is 0 Å². The third kappa shape index (κ3) is 3.04. The fourth-order valence-electron chi connectivity index (χ4n) is 3.00. The number of carbonyl (C=O) groups is 1. The highest BCUT2D eigenvalue weighted by Crippen LogP contribution is 2.29. The molecule has 1 aliphatic heterocycles. The van der Waals surface area contributed by atoms with Crippen molar-refractivity contribution in [3.8, 4) is 0 Å². The van der Waals surface area contributed by atoms with Gasteiger partial charge in [0.05, 0.1) is 0 Å². The monoisotopic (exact) mass is 272 g/mol. The Morgan fingerprint density at radius 2 is 1.80 bits per heavy atom. The number of benzene rings is 1. The quantitative estimate of drug-likeness (QED) is 0.917. The van der Waals surface area contributed by atoms with Crippen LogP contribution in [0.2, 0.25) is 0 Å². The lowest BCUT2D eigenvalue weighted by molar-refractivity contribution is 0.0909. The number of amides is 1. The maximum absolute atomic E-state index is 12.3. The van der Waals surface area contributed by atoms with E-state index in [1.165, 1.54) is 24.0 Å². The van der Waals surface area contributed by atoms with Crippen molar-refractivity contribution in [3.05, 3.63) is 34.9 Å². The van der Waals surface area contributed by atoms with Crippen LogP contribution in [-0.2, 0) is 0 Å². The summed E-state index contributed by atoms with van der Waals surface area (Å²) >= 11 is 0. The Morgan fingerprint density at radius 3 is 2.40 bits per heavy atom. The zero-order valence-electron chi connectivity index (χ0n) is 12.5. The van der Waals surface area contributed by atoms with Crippen LogP contribution in [0.25, 0.3) is 0 Å². The molecule has 1 aliphatic carbocycles.